The first-order valence-corrected chi connectivity index (χ1v) is 4.89. The van der Waals surface area contributed by atoms with Gasteiger partial charge in [-0.1, -0.05) is 41.5 Å². The normalized spacial score (nSPS) is 10.2. The van der Waals surface area contributed by atoms with E-state index >= 15 is 0 Å². The Hall–Kier alpha value is -1.34. The molecule has 0 spiro atoms. The average Bonchev–Trinajstić information content (AvgIpc) is 2.28. The lowest BCUT2D eigenvalue weighted by Crippen LogP contribution is -2.21. The highest BCUT2D eigenvalue weighted by Crippen LogP contribution is 2.02. The molecule has 1 aromatic carbocycles. The molecule has 1 rings (SSSR count). The van der Waals surface area contributed by atoms with E-state index in [-0.39, 0.29) is 6.61 Å². The third-order valence-corrected chi connectivity index (χ3v) is 1.95. The highest BCUT2D eigenvalue weighted by atomic mass is 16.9. The van der Waals surface area contributed by atoms with Crippen LogP contribution in [0.5, 0.6) is 0 Å². The van der Waals surface area contributed by atoms with Crippen LogP contribution >= 0.6 is 0 Å². The molecule has 0 bridgehead atoms. The topological polar surface area (TPSA) is 32.7 Å². The Morgan fingerprint density at radius 1 is 1.33 bits per heavy atom. The first-order chi connectivity index (χ1) is 7.33. The van der Waals surface area contributed by atoms with Crippen LogP contribution in [0, 0.1) is 12.3 Å². The lowest BCUT2D eigenvalue weighted by molar-refractivity contribution is -0.333. The van der Waals surface area contributed by atoms with Gasteiger partial charge in [-0.3, -0.25) is 10.0 Å². The molecule has 0 aliphatic heterocycles. The van der Waals surface area contributed by atoms with Gasteiger partial charge >= 0.3 is 0 Å². The molecule has 80 valence electrons. The molecule has 3 nitrogen and oxygen atoms in total. The molecule has 0 aromatic heterocycles. The Morgan fingerprint density at radius 2 is 2.07 bits per heavy atom. The monoisotopic (exact) mass is 205 g/mol. The minimum absolute atomic E-state index is 0.0990. The lowest BCUT2D eigenvalue weighted by atomic mass is 10.1. The molecule has 0 aliphatic carbocycles. The summed E-state index contributed by atoms with van der Waals surface area (Å²) in [5.41, 5.74) is 1.25. The quantitative estimate of drug-likeness (QED) is 0.568. The molecule has 0 fully saturated rings. The number of hydrogen-bond acceptors (Lipinski definition) is 3. The van der Waals surface area contributed by atoms with Crippen LogP contribution in [0.15, 0.2) is 30.3 Å². The molecule has 0 aliphatic rings. The number of benzene rings is 1. The van der Waals surface area contributed by atoms with E-state index in [9.17, 15) is 5.21 Å². The van der Waals surface area contributed by atoms with E-state index < -0.39 is 0 Å². The summed E-state index contributed by atoms with van der Waals surface area (Å²) in [6.45, 7) is 0.554. The van der Waals surface area contributed by atoms with E-state index in [1.165, 1.54) is 5.56 Å². The maximum absolute atomic E-state index is 9.17. The lowest BCUT2D eigenvalue weighted by Gasteiger charge is -2.12. The van der Waals surface area contributed by atoms with Gasteiger partial charge in [-0.15, -0.1) is 6.42 Å². The predicted octanol–water partition coefficient (Wildman–Crippen LogP) is 1.88. The average molecular weight is 205 g/mol. The molecule has 0 radical (unpaired) electrons. The molecule has 1 aromatic rings. The van der Waals surface area contributed by atoms with Gasteiger partial charge in [0.1, 0.15) is 6.61 Å². The Kier molecular flexibility index (Phi) is 5.49. The van der Waals surface area contributed by atoms with Crippen LogP contribution < -0.4 is 0 Å². The standard InChI is InChI=1S/C12H15NO2/c1-2-11-15-13(14)10-6-9-12-7-4-3-5-8-12/h1,3-5,7-8,14H,6,9-11H2. The van der Waals surface area contributed by atoms with Gasteiger partial charge in [0.05, 0.1) is 6.54 Å². The molecule has 0 saturated carbocycles. The maximum Gasteiger partial charge on any atom is 0.131 e. The number of aryl methyl sites for hydroxylation is 1. The van der Waals surface area contributed by atoms with Crippen LogP contribution in [0.25, 0.3) is 0 Å². The molecule has 0 amide bonds. The highest BCUT2D eigenvalue weighted by Gasteiger charge is 1.99. The van der Waals surface area contributed by atoms with Crippen molar-refractivity contribution in [3.63, 3.8) is 0 Å². The van der Waals surface area contributed by atoms with Crippen LogP contribution in [0.2, 0.25) is 0 Å². The van der Waals surface area contributed by atoms with Gasteiger partial charge in [0.2, 0.25) is 0 Å². The smallest absolute Gasteiger partial charge is 0.131 e. The molecular formula is C12H15NO2. The molecule has 0 atom stereocenters. The van der Waals surface area contributed by atoms with Gasteiger partial charge in [0.25, 0.3) is 0 Å². The maximum atomic E-state index is 9.17. The van der Waals surface area contributed by atoms with Crippen molar-refractivity contribution in [2.24, 2.45) is 0 Å². The molecule has 0 heterocycles. The van der Waals surface area contributed by atoms with E-state index in [0.717, 1.165) is 18.1 Å². The van der Waals surface area contributed by atoms with Crippen LogP contribution in [-0.2, 0) is 11.3 Å². The minimum Gasteiger partial charge on any atom is -0.290 e. The van der Waals surface area contributed by atoms with Crippen molar-refractivity contribution in [2.45, 2.75) is 12.8 Å². The Balaban J connectivity index is 2.14. The van der Waals surface area contributed by atoms with Gasteiger partial charge in [-0.05, 0) is 18.4 Å². The SMILES string of the molecule is C#CCON(O)CCCc1ccccc1. The van der Waals surface area contributed by atoms with Crippen molar-refractivity contribution >= 4 is 0 Å². The fraction of sp³-hybridized carbons (Fsp3) is 0.333. The summed E-state index contributed by atoms with van der Waals surface area (Å²) in [6.07, 6.45) is 6.72. The molecule has 0 unspecified atom stereocenters. The highest BCUT2D eigenvalue weighted by molar-refractivity contribution is 5.14. The zero-order chi connectivity index (χ0) is 10.9. The number of rotatable bonds is 6. The van der Waals surface area contributed by atoms with Gasteiger partial charge in [-0.25, -0.2) is 0 Å². The summed E-state index contributed by atoms with van der Waals surface area (Å²) >= 11 is 0. The third-order valence-electron chi connectivity index (χ3n) is 1.95. The second kappa shape index (κ2) is 7.02. The molecule has 15 heavy (non-hydrogen) atoms. The van der Waals surface area contributed by atoms with Gasteiger partial charge in [0.15, 0.2) is 0 Å². The second-order valence-corrected chi connectivity index (χ2v) is 3.14. The second-order valence-electron chi connectivity index (χ2n) is 3.14. The predicted molar refractivity (Wildman–Crippen MR) is 58.0 cm³/mol. The summed E-state index contributed by atoms with van der Waals surface area (Å²) in [5.74, 6) is 2.28. The van der Waals surface area contributed by atoms with Crippen molar-refractivity contribution in [3.05, 3.63) is 35.9 Å². The molecule has 0 saturated heterocycles. The van der Waals surface area contributed by atoms with E-state index in [2.05, 4.69) is 18.1 Å². The first kappa shape index (κ1) is 11.7. The summed E-state index contributed by atoms with van der Waals surface area (Å²) in [6, 6.07) is 10.1. The molecular weight excluding hydrogens is 190 g/mol. The fourth-order valence-corrected chi connectivity index (χ4v) is 1.24. The summed E-state index contributed by atoms with van der Waals surface area (Å²) in [7, 11) is 0. The number of nitrogens with zero attached hydrogens (tertiary/aromatic N) is 1. The summed E-state index contributed by atoms with van der Waals surface area (Å²) in [4.78, 5) is 4.78. The van der Waals surface area contributed by atoms with Crippen LogP contribution in [-0.4, -0.2) is 23.6 Å². The summed E-state index contributed by atoms with van der Waals surface area (Å²) < 4.78 is 0. The van der Waals surface area contributed by atoms with Crippen LogP contribution in [0.1, 0.15) is 12.0 Å². The number of terminal acetylenes is 1. The fourth-order valence-electron chi connectivity index (χ4n) is 1.24. The van der Waals surface area contributed by atoms with E-state index in [1.807, 2.05) is 18.2 Å². The first-order valence-electron chi connectivity index (χ1n) is 4.89. The zero-order valence-electron chi connectivity index (χ0n) is 8.60. The van der Waals surface area contributed by atoms with Crippen molar-refractivity contribution in [1.29, 1.82) is 0 Å². The zero-order valence-corrected chi connectivity index (χ0v) is 8.60. The molecule has 3 heteroatoms. The van der Waals surface area contributed by atoms with Crippen LogP contribution in [0.4, 0.5) is 0 Å². The van der Waals surface area contributed by atoms with E-state index in [4.69, 9.17) is 11.3 Å². The van der Waals surface area contributed by atoms with Crippen molar-refractivity contribution < 1.29 is 10.0 Å². The van der Waals surface area contributed by atoms with Crippen molar-refractivity contribution in [2.75, 3.05) is 13.2 Å². The van der Waals surface area contributed by atoms with Crippen molar-refractivity contribution in [3.8, 4) is 12.3 Å². The Bertz CT molecular complexity index is 305. The van der Waals surface area contributed by atoms with Gasteiger partial charge in [-0.2, -0.15) is 0 Å². The van der Waals surface area contributed by atoms with Gasteiger partial charge in [0, 0.05) is 0 Å². The Morgan fingerprint density at radius 3 is 2.73 bits per heavy atom. The number of hydroxylamine groups is 2. The summed E-state index contributed by atoms with van der Waals surface area (Å²) in [5, 5.41) is 9.97. The minimum atomic E-state index is 0.0990. The Labute approximate surface area is 90.2 Å². The van der Waals surface area contributed by atoms with E-state index in [0.29, 0.717) is 6.54 Å². The largest absolute Gasteiger partial charge is 0.290 e. The van der Waals surface area contributed by atoms with Crippen LogP contribution in [0.3, 0.4) is 0 Å². The van der Waals surface area contributed by atoms with E-state index in [1.54, 1.807) is 0 Å². The molecule has 1 N–H and O–H groups in total. The number of hydrogen-bond donors (Lipinski definition) is 1. The van der Waals surface area contributed by atoms with Gasteiger partial charge < -0.3 is 0 Å². The van der Waals surface area contributed by atoms with Crippen molar-refractivity contribution in [1.82, 2.24) is 5.23 Å². The third kappa shape index (κ3) is 5.18.